The Hall–Kier alpha value is -1.86. The molecule has 0 aliphatic heterocycles. The molecule has 0 aromatic heterocycles. The number of anilines is 1. The molecule has 1 aromatic rings. The standard InChI is InChI=1S/C12H14ClN3O4/c13-9-5-7(6-10(11(9)14)16(19)20)12(18)15(3-4-17)8-1-2-8/h5-6,8,17H,1-4,14H2. The highest BCUT2D eigenvalue weighted by Crippen LogP contribution is 2.33. The third kappa shape index (κ3) is 2.83. The van der Waals surface area contributed by atoms with Crippen LogP contribution in [0.2, 0.25) is 5.02 Å². The molecule has 8 heteroatoms. The molecule has 0 bridgehead atoms. The van der Waals surface area contributed by atoms with Gasteiger partial charge in [0, 0.05) is 24.2 Å². The van der Waals surface area contributed by atoms with E-state index in [0.717, 1.165) is 18.9 Å². The van der Waals surface area contributed by atoms with Crippen LogP contribution in [-0.2, 0) is 0 Å². The van der Waals surface area contributed by atoms with E-state index in [0.29, 0.717) is 0 Å². The number of amides is 1. The van der Waals surface area contributed by atoms with Gasteiger partial charge in [0.05, 0.1) is 16.6 Å². The van der Waals surface area contributed by atoms with Gasteiger partial charge in [-0.1, -0.05) is 11.6 Å². The number of aliphatic hydroxyl groups excluding tert-OH is 1. The van der Waals surface area contributed by atoms with Crippen LogP contribution in [0, 0.1) is 10.1 Å². The lowest BCUT2D eigenvalue weighted by atomic mass is 10.1. The molecule has 0 saturated heterocycles. The summed E-state index contributed by atoms with van der Waals surface area (Å²) in [4.78, 5) is 24.1. The number of nitrogens with two attached hydrogens (primary N) is 1. The van der Waals surface area contributed by atoms with Crippen LogP contribution in [0.25, 0.3) is 0 Å². The minimum Gasteiger partial charge on any atom is -0.395 e. The van der Waals surface area contributed by atoms with Crippen LogP contribution in [0.5, 0.6) is 0 Å². The molecule has 108 valence electrons. The SMILES string of the molecule is Nc1c(Cl)cc(C(=O)N(CCO)C2CC2)cc1[N+](=O)[O-]. The zero-order valence-electron chi connectivity index (χ0n) is 10.6. The Morgan fingerprint density at radius 2 is 2.20 bits per heavy atom. The predicted octanol–water partition coefficient (Wildman–Crippen LogP) is 1.43. The normalized spacial score (nSPS) is 14.1. The smallest absolute Gasteiger partial charge is 0.294 e. The number of nitro groups is 1. The molecule has 0 unspecified atom stereocenters. The molecule has 2 rings (SSSR count). The first kappa shape index (κ1) is 14.5. The van der Waals surface area contributed by atoms with Crippen molar-refractivity contribution in [3.8, 4) is 0 Å². The van der Waals surface area contributed by atoms with Crippen molar-refractivity contribution in [3.05, 3.63) is 32.8 Å². The van der Waals surface area contributed by atoms with E-state index in [1.807, 2.05) is 0 Å². The molecule has 7 nitrogen and oxygen atoms in total. The van der Waals surface area contributed by atoms with Gasteiger partial charge in [-0.05, 0) is 18.9 Å². The Labute approximate surface area is 120 Å². The molecule has 0 heterocycles. The maximum atomic E-state index is 12.3. The van der Waals surface area contributed by atoms with Crippen LogP contribution in [0.3, 0.4) is 0 Å². The second kappa shape index (κ2) is 5.64. The third-order valence-corrected chi connectivity index (χ3v) is 3.45. The Balaban J connectivity index is 2.36. The van der Waals surface area contributed by atoms with E-state index in [-0.39, 0.29) is 47.1 Å². The second-order valence-corrected chi connectivity index (χ2v) is 5.01. The van der Waals surface area contributed by atoms with Gasteiger partial charge in [0.1, 0.15) is 5.69 Å². The first-order chi connectivity index (χ1) is 9.45. The molecule has 0 radical (unpaired) electrons. The van der Waals surface area contributed by atoms with Gasteiger partial charge >= 0.3 is 0 Å². The summed E-state index contributed by atoms with van der Waals surface area (Å²) in [5.41, 5.74) is 5.08. The number of nitrogens with zero attached hydrogens (tertiary/aromatic N) is 2. The van der Waals surface area contributed by atoms with Crippen molar-refractivity contribution in [1.82, 2.24) is 4.90 Å². The van der Waals surface area contributed by atoms with Crippen molar-refractivity contribution >= 4 is 28.9 Å². The summed E-state index contributed by atoms with van der Waals surface area (Å²) in [5, 5.41) is 19.9. The van der Waals surface area contributed by atoms with Crippen LogP contribution < -0.4 is 5.73 Å². The minimum absolute atomic E-state index is 0.0257. The van der Waals surface area contributed by atoms with Crippen molar-refractivity contribution in [1.29, 1.82) is 0 Å². The van der Waals surface area contributed by atoms with Gasteiger partial charge in [-0.3, -0.25) is 14.9 Å². The van der Waals surface area contributed by atoms with Crippen molar-refractivity contribution in [2.75, 3.05) is 18.9 Å². The first-order valence-electron chi connectivity index (χ1n) is 6.11. The largest absolute Gasteiger partial charge is 0.395 e. The molecular weight excluding hydrogens is 286 g/mol. The molecular formula is C12H14ClN3O4. The van der Waals surface area contributed by atoms with Crippen molar-refractivity contribution in [3.63, 3.8) is 0 Å². The molecule has 0 spiro atoms. The number of halogens is 1. The third-order valence-electron chi connectivity index (χ3n) is 3.14. The van der Waals surface area contributed by atoms with Crippen molar-refractivity contribution < 1.29 is 14.8 Å². The van der Waals surface area contributed by atoms with Crippen molar-refractivity contribution in [2.24, 2.45) is 0 Å². The maximum Gasteiger partial charge on any atom is 0.294 e. The lowest BCUT2D eigenvalue weighted by Gasteiger charge is -2.21. The summed E-state index contributed by atoms with van der Waals surface area (Å²) >= 11 is 5.83. The van der Waals surface area contributed by atoms with Crippen LogP contribution in [-0.4, -0.2) is 40.0 Å². The minimum atomic E-state index is -0.675. The van der Waals surface area contributed by atoms with Crippen molar-refractivity contribution in [2.45, 2.75) is 18.9 Å². The first-order valence-corrected chi connectivity index (χ1v) is 6.48. The number of rotatable bonds is 5. The fourth-order valence-corrected chi connectivity index (χ4v) is 2.20. The highest BCUT2D eigenvalue weighted by Gasteiger charge is 2.33. The van der Waals surface area contributed by atoms with E-state index < -0.39 is 4.92 Å². The van der Waals surface area contributed by atoms with Crippen LogP contribution >= 0.6 is 11.6 Å². The van der Waals surface area contributed by atoms with E-state index in [1.165, 1.54) is 11.0 Å². The number of nitro benzene ring substituents is 1. The number of nitrogen functional groups attached to an aromatic ring is 1. The molecule has 1 amide bonds. The molecule has 0 atom stereocenters. The number of benzene rings is 1. The molecule has 20 heavy (non-hydrogen) atoms. The van der Waals surface area contributed by atoms with E-state index in [4.69, 9.17) is 22.4 Å². The van der Waals surface area contributed by atoms with Gasteiger partial charge in [0.25, 0.3) is 11.6 Å². The Morgan fingerprint density at radius 1 is 1.55 bits per heavy atom. The zero-order valence-corrected chi connectivity index (χ0v) is 11.3. The maximum absolute atomic E-state index is 12.3. The van der Waals surface area contributed by atoms with E-state index >= 15 is 0 Å². The monoisotopic (exact) mass is 299 g/mol. The number of carbonyl (C=O) groups is 1. The fraction of sp³-hybridized carbons (Fsp3) is 0.417. The fourth-order valence-electron chi connectivity index (χ4n) is 1.99. The summed E-state index contributed by atoms with van der Waals surface area (Å²) in [5.74, 6) is -0.383. The number of hydrogen-bond acceptors (Lipinski definition) is 5. The molecule has 1 fully saturated rings. The van der Waals surface area contributed by atoms with Gasteiger partial charge in [0.2, 0.25) is 0 Å². The van der Waals surface area contributed by atoms with E-state index in [9.17, 15) is 14.9 Å². The average molecular weight is 300 g/mol. The molecule has 1 aromatic carbocycles. The predicted molar refractivity (Wildman–Crippen MR) is 73.7 cm³/mol. The van der Waals surface area contributed by atoms with Gasteiger partial charge in [0.15, 0.2) is 0 Å². The van der Waals surface area contributed by atoms with Crippen LogP contribution in [0.1, 0.15) is 23.2 Å². The quantitative estimate of drug-likeness (QED) is 0.485. The Morgan fingerprint density at radius 3 is 2.70 bits per heavy atom. The Bertz CT molecular complexity index is 560. The molecule has 1 saturated carbocycles. The summed E-state index contributed by atoms with van der Waals surface area (Å²) in [7, 11) is 0. The highest BCUT2D eigenvalue weighted by molar-refractivity contribution is 6.34. The lowest BCUT2D eigenvalue weighted by molar-refractivity contribution is -0.383. The summed E-state index contributed by atoms with van der Waals surface area (Å²) in [6, 6.07) is 2.53. The second-order valence-electron chi connectivity index (χ2n) is 4.60. The van der Waals surface area contributed by atoms with Crippen LogP contribution in [0.4, 0.5) is 11.4 Å². The van der Waals surface area contributed by atoms with Crippen LogP contribution in [0.15, 0.2) is 12.1 Å². The zero-order chi connectivity index (χ0) is 14.9. The number of aliphatic hydroxyl groups is 1. The number of carbonyl (C=O) groups excluding carboxylic acids is 1. The number of hydrogen-bond donors (Lipinski definition) is 2. The average Bonchev–Trinajstić information content (AvgIpc) is 3.22. The highest BCUT2D eigenvalue weighted by atomic mass is 35.5. The molecule has 1 aliphatic carbocycles. The van der Waals surface area contributed by atoms with Gasteiger partial charge in [-0.25, -0.2) is 0 Å². The molecule has 1 aliphatic rings. The van der Waals surface area contributed by atoms with Gasteiger partial charge in [-0.2, -0.15) is 0 Å². The van der Waals surface area contributed by atoms with E-state index in [1.54, 1.807) is 0 Å². The topological polar surface area (TPSA) is 110 Å². The van der Waals surface area contributed by atoms with E-state index in [2.05, 4.69) is 0 Å². The summed E-state index contributed by atoms with van der Waals surface area (Å²) in [6.45, 7) is 0.0341. The summed E-state index contributed by atoms with van der Waals surface area (Å²) < 4.78 is 0. The van der Waals surface area contributed by atoms with Gasteiger partial charge < -0.3 is 15.7 Å². The molecule has 3 N–H and O–H groups in total. The Kier molecular flexibility index (Phi) is 4.10. The van der Waals surface area contributed by atoms with Gasteiger partial charge in [-0.15, -0.1) is 0 Å². The lowest BCUT2D eigenvalue weighted by Crippen LogP contribution is -2.35. The summed E-state index contributed by atoms with van der Waals surface area (Å²) in [6.07, 6.45) is 1.74.